The summed E-state index contributed by atoms with van der Waals surface area (Å²) in [5.41, 5.74) is -0.148. The third-order valence-corrected chi connectivity index (χ3v) is 3.89. The molecule has 1 heterocycles. The van der Waals surface area contributed by atoms with Gasteiger partial charge >= 0.3 is 0 Å². The Kier molecular flexibility index (Phi) is 6.96. The van der Waals surface area contributed by atoms with Crippen molar-refractivity contribution in [1.82, 2.24) is 15.5 Å². The van der Waals surface area contributed by atoms with Gasteiger partial charge in [0.05, 0.1) is 6.54 Å². The minimum atomic E-state index is -0.148. The number of hydrogen-bond donors (Lipinski definition) is 2. The van der Waals surface area contributed by atoms with Crippen molar-refractivity contribution in [1.29, 1.82) is 0 Å². The first-order valence-electron chi connectivity index (χ1n) is 8.08. The molecule has 4 heteroatoms. The van der Waals surface area contributed by atoms with Crippen LogP contribution in [0.2, 0.25) is 0 Å². The average Bonchev–Trinajstić information content (AvgIpc) is 2.34. The fraction of sp³-hybridized carbons (Fsp3) is 0.938. The van der Waals surface area contributed by atoms with Gasteiger partial charge in [-0.05, 0) is 66.0 Å². The molecule has 1 rings (SSSR count). The molecule has 20 heavy (non-hydrogen) atoms. The fourth-order valence-electron chi connectivity index (χ4n) is 2.90. The summed E-state index contributed by atoms with van der Waals surface area (Å²) in [6.45, 7) is 14.5. The van der Waals surface area contributed by atoms with Gasteiger partial charge in [0.1, 0.15) is 0 Å². The molecule has 2 unspecified atom stereocenters. The summed E-state index contributed by atoms with van der Waals surface area (Å²) in [6, 6.07) is 0.403. The van der Waals surface area contributed by atoms with Gasteiger partial charge < -0.3 is 15.5 Å². The predicted octanol–water partition coefficient (Wildman–Crippen LogP) is 2.00. The molecule has 0 aromatic carbocycles. The highest BCUT2D eigenvalue weighted by atomic mass is 16.2. The molecule has 0 bridgehead atoms. The zero-order valence-electron chi connectivity index (χ0n) is 14.0. The minimum absolute atomic E-state index is 0.0885. The van der Waals surface area contributed by atoms with Crippen molar-refractivity contribution in [2.75, 3.05) is 26.2 Å². The zero-order valence-corrected chi connectivity index (χ0v) is 14.0. The van der Waals surface area contributed by atoms with Crippen molar-refractivity contribution >= 4 is 5.91 Å². The van der Waals surface area contributed by atoms with E-state index in [0.29, 0.717) is 18.5 Å². The highest BCUT2D eigenvalue weighted by Gasteiger charge is 2.24. The largest absolute Gasteiger partial charge is 0.350 e. The summed E-state index contributed by atoms with van der Waals surface area (Å²) >= 11 is 0. The number of amides is 1. The molecule has 0 spiro atoms. The standard InChI is InChI=1S/C16H33N3O/c1-6-9-19-10-7-8-14(12-19)13(2)17-11-15(20)18-16(3,4)5/h13-14,17H,6-12H2,1-5H3,(H,18,20). The molecule has 4 nitrogen and oxygen atoms in total. The number of hydrogen-bond acceptors (Lipinski definition) is 3. The molecular formula is C16H33N3O. The van der Waals surface area contributed by atoms with Gasteiger partial charge in [0, 0.05) is 18.1 Å². The van der Waals surface area contributed by atoms with Crippen LogP contribution in [0.1, 0.15) is 53.9 Å². The Morgan fingerprint density at radius 2 is 2.10 bits per heavy atom. The lowest BCUT2D eigenvalue weighted by Crippen LogP contribution is -2.49. The van der Waals surface area contributed by atoms with E-state index < -0.39 is 0 Å². The summed E-state index contributed by atoms with van der Waals surface area (Å²) < 4.78 is 0. The zero-order chi connectivity index (χ0) is 15.2. The third-order valence-electron chi connectivity index (χ3n) is 3.89. The third kappa shape index (κ3) is 6.71. The van der Waals surface area contributed by atoms with Gasteiger partial charge in [0.2, 0.25) is 5.91 Å². The van der Waals surface area contributed by atoms with E-state index in [-0.39, 0.29) is 11.4 Å². The highest BCUT2D eigenvalue weighted by Crippen LogP contribution is 2.19. The molecule has 2 atom stereocenters. The maximum absolute atomic E-state index is 11.8. The van der Waals surface area contributed by atoms with Gasteiger partial charge in [-0.3, -0.25) is 4.79 Å². The highest BCUT2D eigenvalue weighted by molar-refractivity contribution is 5.78. The molecule has 1 fully saturated rings. The lowest BCUT2D eigenvalue weighted by atomic mass is 9.91. The molecule has 1 aliphatic rings. The van der Waals surface area contributed by atoms with Gasteiger partial charge in [-0.1, -0.05) is 6.92 Å². The topological polar surface area (TPSA) is 44.4 Å². The van der Waals surface area contributed by atoms with Crippen LogP contribution in [0.15, 0.2) is 0 Å². The van der Waals surface area contributed by atoms with E-state index in [4.69, 9.17) is 0 Å². The normalized spacial score (nSPS) is 22.6. The average molecular weight is 283 g/mol. The number of carbonyl (C=O) groups is 1. The molecule has 0 saturated carbocycles. The Morgan fingerprint density at radius 1 is 1.40 bits per heavy atom. The molecular weight excluding hydrogens is 250 g/mol. The summed E-state index contributed by atoms with van der Waals surface area (Å²) in [5.74, 6) is 0.753. The summed E-state index contributed by atoms with van der Waals surface area (Å²) in [5, 5.41) is 6.39. The maximum Gasteiger partial charge on any atom is 0.234 e. The van der Waals surface area contributed by atoms with E-state index in [9.17, 15) is 4.79 Å². The number of rotatable bonds is 6. The second-order valence-corrected chi connectivity index (χ2v) is 7.17. The van der Waals surface area contributed by atoms with Gasteiger partial charge in [-0.25, -0.2) is 0 Å². The van der Waals surface area contributed by atoms with E-state index in [1.54, 1.807) is 0 Å². The van der Waals surface area contributed by atoms with Crippen LogP contribution < -0.4 is 10.6 Å². The quantitative estimate of drug-likeness (QED) is 0.784. The van der Waals surface area contributed by atoms with E-state index in [1.807, 2.05) is 20.8 Å². The summed E-state index contributed by atoms with van der Waals surface area (Å²) in [4.78, 5) is 14.4. The van der Waals surface area contributed by atoms with Gasteiger partial charge in [0.25, 0.3) is 0 Å². The smallest absolute Gasteiger partial charge is 0.234 e. The number of likely N-dealkylation sites (tertiary alicyclic amines) is 1. The molecule has 0 radical (unpaired) electrons. The minimum Gasteiger partial charge on any atom is -0.350 e. The van der Waals surface area contributed by atoms with E-state index in [2.05, 4.69) is 29.4 Å². The van der Waals surface area contributed by atoms with Crippen LogP contribution in [0.5, 0.6) is 0 Å². The van der Waals surface area contributed by atoms with E-state index >= 15 is 0 Å². The van der Waals surface area contributed by atoms with Crippen molar-refractivity contribution in [3.8, 4) is 0 Å². The van der Waals surface area contributed by atoms with Crippen LogP contribution in [0.4, 0.5) is 0 Å². The Morgan fingerprint density at radius 3 is 2.70 bits per heavy atom. The van der Waals surface area contributed by atoms with E-state index in [0.717, 1.165) is 0 Å². The van der Waals surface area contributed by atoms with Gasteiger partial charge in [-0.15, -0.1) is 0 Å². The first kappa shape index (κ1) is 17.4. The summed E-state index contributed by atoms with van der Waals surface area (Å²) in [7, 11) is 0. The Bertz CT molecular complexity index is 297. The number of piperidine rings is 1. The number of nitrogens with zero attached hydrogens (tertiary/aromatic N) is 1. The van der Waals surface area contributed by atoms with Crippen molar-refractivity contribution in [2.24, 2.45) is 5.92 Å². The molecule has 0 aromatic rings. The number of carbonyl (C=O) groups excluding carboxylic acids is 1. The van der Waals surface area contributed by atoms with Crippen LogP contribution >= 0.6 is 0 Å². The Hall–Kier alpha value is -0.610. The van der Waals surface area contributed by atoms with Crippen molar-refractivity contribution in [3.63, 3.8) is 0 Å². The van der Waals surface area contributed by atoms with Crippen LogP contribution in [0.25, 0.3) is 0 Å². The van der Waals surface area contributed by atoms with Crippen LogP contribution in [0, 0.1) is 5.92 Å². The van der Waals surface area contributed by atoms with Gasteiger partial charge in [-0.2, -0.15) is 0 Å². The van der Waals surface area contributed by atoms with Crippen molar-refractivity contribution in [2.45, 2.75) is 65.5 Å². The lowest BCUT2D eigenvalue weighted by Gasteiger charge is -2.36. The molecule has 1 amide bonds. The molecule has 118 valence electrons. The van der Waals surface area contributed by atoms with Crippen LogP contribution in [0.3, 0.4) is 0 Å². The molecule has 2 N–H and O–H groups in total. The predicted molar refractivity (Wildman–Crippen MR) is 84.8 cm³/mol. The van der Waals surface area contributed by atoms with Crippen molar-refractivity contribution in [3.05, 3.63) is 0 Å². The Balaban J connectivity index is 2.31. The summed E-state index contributed by atoms with van der Waals surface area (Å²) in [6.07, 6.45) is 3.78. The first-order chi connectivity index (χ1) is 9.31. The fourth-order valence-corrected chi connectivity index (χ4v) is 2.90. The molecule has 1 aliphatic heterocycles. The second-order valence-electron chi connectivity index (χ2n) is 7.17. The van der Waals surface area contributed by atoms with Crippen LogP contribution in [-0.4, -0.2) is 48.6 Å². The second kappa shape index (κ2) is 7.99. The molecule has 1 saturated heterocycles. The van der Waals surface area contributed by atoms with Crippen LogP contribution in [-0.2, 0) is 4.79 Å². The van der Waals surface area contributed by atoms with Crippen molar-refractivity contribution < 1.29 is 4.79 Å². The monoisotopic (exact) mass is 283 g/mol. The van der Waals surface area contributed by atoms with E-state index in [1.165, 1.54) is 38.9 Å². The number of nitrogens with one attached hydrogen (secondary N) is 2. The Labute approximate surface area is 124 Å². The maximum atomic E-state index is 11.8. The molecule has 0 aliphatic carbocycles. The first-order valence-corrected chi connectivity index (χ1v) is 8.08. The van der Waals surface area contributed by atoms with Gasteiger partial charge in [0.15, 0.2) is 0 Å². The lowest BCUT2D eigenvalue weighted by molar-refractivity contribution is -0.121. The molecule has 0 aromatic heterocycles. The SMILES string of the molecule is CCCN1CCCC(C(C)NCC(=O)NC(C)(C)C)C1.